The van der Waals surface area contributed by atoms with Crippen LogP contribution in [0.15, 0.2) is 12.7 Å². The van der Waals surface area contributed by atoms with Gasteiger partial charge in [-0.15, -0.1) is 6.58 Å². The zero-order chi connectivity index (χ0) is 19.9. The Balaban J connectivity index is -0.00000312. The molecule has 28 heavy (non-hydrogen) atoms. The van der Waals surface area contributed by atoms with E-state index in [0.717, 1.165) is 0 Å². The molecule has 1 atom stereocenters. The molecule has 0 heterocycles. The number of aliphatic hydroxyl groups is 1. The van der Waals surface area contributed by atoms with Crippen molar-refractivity contribution in [2.24, 2.45) is 0 Å². The summed E-state index contributed by atoms with van der Waals surface area (Å²) in [6.45, 7) is 5.06. The van der Waals surface area contributed by atoms with Crippen LogP contribution in [0.25, 0.3) is 0 Å². The molecule has 11 heteroatoms. The van der Waals surface area contributed by atoms with Crippen molar-refractivity contribution in [2.75, 3.05) is 39.3 Å². The van der Waals surface area contributed by atoms with Gasteiger partial charge in [0.1, 0.15) is 0 Å². The number of carbonyl (C=O) groups excluding carboxylic acids is 2. The molecule has 2 N–H and O–H groups in total. The maximum Gasteiger partial charge on any atom is 1.00 e. The van der Waals surface area contributed by atoms with Crippen LogP contribution in [0.2, 0.25) is 0 Å². The number of carboxylic acid groups (broad SMARTS) is 3. The monoisotopic (exact) mass is 418 g/mol. The zero-order valence-electron chi connectivity index (χ0n) is 17.0. The van der Waals surface area contributed by atoms with E-state index in [4.69, 9.17) is 5.11 Å². The van der Waals surface area contributed by atoms with Crippen LogP contribution in [0.1, 0.15) is 32.1 Å². The van der Waals surface area contributed by atoms with Gasteiger partial charge in [-0.3, -0.25) is 9.69 Å². The molecule has 0 saturated heterocycles. The fourth-order valence-corrected chi connectivity index (χ4v) is 2.36. The second-order valence-corrected chi connectivity index (χ2v) is 6.05. The molecule has 0 fully saturated rings. The van der Waals surface area contributed by atoms with Gasteiger partial charge in [0.25, 0.3) is 0 Å². The SMILES string of the molecule is C=CCCC(O)CN(CCC(=O)O)CCN(CCC(=O)[O-])CCC(=O)[O-].[Na+].[Na+]. The second-order valence-electron chi connectivity index (χ2n) is 6.05. The normalized spacial score (nSPS) is 11.4. The van der Waals surface area contributed by atoms with Crippen molar-refractivity contribution >= 4 is 17.9 Å². The molecule has 0 radical (unpaired) electrons. The van der Waals surface area contributed by atoms with Gasteiger partial charge in [-0.25, -0.2) is 0 Å². The predicted molar refractivity (Wildman–Crippen MR) is 89.8 cm³/mol. The maximum absolute atomic E-state index is 10.8. The van der Waals surface area contributed by atoms with E-state index in [0.29, 0.717) is 25.9 Å². The van der Waals surface area contributed by atoms with Crippen molar-refractivity contribution in [1.82, 2.24) is 9.80 Å². The number of hydrogen-bond acceptors (Lipinski definition) is 8. The zero-order valence-corrected chi connectivity index (χ0v) is 21.0. The van der Waals surface area contributed by atoms with Crippen molar-refractivity contribution in [3.05, 3.63) is 12.7 Å². The fraction of sp³-hybridized carbons (Fsp3) is 0.706. The number of nitrogens with zero attached hydrogens (tertiary/aromatic N) is 2. The number of hydrogen-bond donors (Lipinski definition) is 2. The Kier molecular flexibility index (Phi) is 23.7. The summed E-state index contributed by atoms with van der Waals surface area (Å²) in [4.78, 5) is 35.5. The summed E-state index contributed by atoms with van der Waals surface area (Å²) in [6.07, 6.45) is 1.64. The first-order chi connectivity index (χ1) is 12.2. The summed E-state index contributed by atoms with van der Waals surface area (Å²) < 4.78 is 0. The van der Waals surface area contributed by atoms with Crippen molar-refractivity contribution in [1.29, 1.82) is 0 Å². The first kappa shape index (κ1) is 32.7. The Morgan fingerprint density at radius 3 is 1.79 bits per heavy atom. The minimum absolute atomic E-state index is 0. The number of carbonyl (C=O) groups is 3. The van der Waals surface area contributed by atoms with Gasteiger partial charge in [0, 0.05) is 51.2 Å². The van der Waals surface area contributed by atoms with Gasteiger partial charge in [0.2, 0.25) is 0 Å². The molecule has 0 bridgehead atoms. The summed E-state index contributed by atoms with van der Waals surface area (Å²) in [5, 5.41) is 40.1. The summed E-state index contributed by atoms with van der Waals surface area (Å²) in [6, 6.07) is 0. The standard InChI is InChI=1S/C17H30N2O7.2Na/c1-2-3-4-14(20)13-19(10-7-17(25)26)12-11-18(8-5-15(21)22)9-6-16(23)24;;/h2,14,20H,1,3-13H2,(H,21,22)(H,23,24)(H,25,26);;/q;2*+1/p-2. The topological polar surface area (TPSA) is 144 Å². The molecule has 0 spiro atoms. The molecule has 0 rings (SSSR count). The van der Waals surface area contributed by atoms with Crippen LogP contribution >= 0.6 is 0 Å². The van der Waals surface area contributed by atoms with Crippen molar-refractivity contribution in [3.8, 4) is 0 Å². The van der Waals surface area contributed by atoms with E-state index >= 15 is 0 Å². The average molecular weight is 418 g/mol. The molecule has 0 aromatic heterocycles. The van der Waals surface area contributed by atoms with Crippen molar-refractivity contribution < 1.29 is 93.9 Å². The van der Waals surface area contributed by atoms with Crippen LogP contribution in [-0.4, -0.2) is 83.3 Å². The van der Waals surface area contributed by atoms with Gasteiger partial charge in [0.15, 0.2) is 0 Å². The molecule has 0 aliphatic heterocycles. The van der Waals surface area contributed by atoms with E-state index in [1.807, 2.05) is 0 Å². The van der Waals surface area contributed by atoms with E-state index in [-0.39, 0.29) is 105 Å². The second kappa shape index (κ2) is 20.3. The Morgan fingerprint density at radius 1 is 0.893 bits per heavy atom. The molecule has 150 valence electrons. The third-order valence-corrected chi connectivity index (χ3v) is 3.81. The summed E-state index contributed by atoms with van der Waals surface area (Å²) in [5.41, 5.74) is 0. The van der Waals surface area contributed by atoms with Crippen LogP contribution in [0.5, 0.6) is 0 Å². The Hall–Kier alpha value is 0.0300. The van der Waals surface area contributed by atoms with Crippen LogP contribution in [0.4, 0.5) is 0 Å². The van der Waals surface area contributed by atoms with Crippen molar-refractivity contribution in [3.63, 3.8) is 0 Å². The van der Waals surface area contributed by atoms with Gasteiger partial charge >= 0.3 is 65.1 Å². The molecule has 9 nitrogen and oxygen atoms in total. The molecule has 0 aliphatic rings. The molecular formula is C17H28N2Na2O7. The van der Waals surface area contributed by atoms with Gasteiger partial charge in [-0.1, -0.05) is 6.08 Å². The summed E-state index contributed by atoms with van der Waals surface area (Å²) in [7, 11) is 0. The van der Waals surface area contributed by atoms with Gasteiger partial charge < -0.3 is 34.9 Å². The summed E-state index contributed by atoms with van der Waals surface area (Å²) in [5.74, 6) is -3.42. The van der Waals surface area contributed by atoms with Gasteiger partial charge in [-0.05, 0) is 25.7 Å². The molecular weight excluding hydrogens is 390 g/mol. The third kappa shape index (κ3) is 20.8. The Bertz CT molecular complexity index is 449. The smallest absolute Gasteiger partial charge is 0.550 e. The van der Waals surface area contributed by atoms with E-state index in [1.165, 1.54) is 0 Å². The number of allylic oxidation sites excluding steroid dienone is 1. The van der Waals surface area contributed by atoms with E-state index in [2.05, 4.69) is 6.58 Å². The van der Waals surface area contributed by atoms with Crippen LogP contribution < -0.4 is 69.3 Å². The quantitative estimate of drug-likeness (QED) is 0.174. The Labute approximate surface area is 210 Å². The predicted octanol–water partition coefficient (Wildman–Crippen LogP) is -8.32. The molecule has 0 aromatic carbocycles. The largest absolute Gasteiger partial charge is 1.00 e. The Morgan fingerprint density at radius 2 is 1.36 bits per heavy atom. The minimum Gasteiger partial charge on any atom is -0.550 e. The van der Waals surface area contributed by atoms with E-state index < -0.39 is 24.0 Å². The van der Waals surface area contributed by atoms with Gasteiger partial charge in [0.05, 0.1) is 12.5 Å². The van der Waals surface area contributed by atoms with E-state index in [1.54, 1.807) is 15.9 Å². The van der Waals surface area contributed by atoms with Crippen molar-refractivity contribution in [2.45, 2.75) is 38.2 Å². The van der Waals surface area contributed by atoms with Crippen LogP contribution in [-0.2, 0) is 14.4 Å². The number of rotatable bonds is 17. The third-order valence-electron chi connectivity index (χ3n) is 3.81. The maximum atomic E-state index is 10.8. The average Bonchev–Trinajstić information content (AvgIpc) is 2.56. The molecule has 0 amide bonds. The molecule has 0 aromatic rings. The molecule has 0 saturated carbocycles. The first-order valence-electron chi connectivity index (χ1n) is 8.59. The van der Waals surface area contributed by atoms with Crippen LogP contribution in [0, 0.1) is 0 Å². The minimum atomic E-state index is -1.23. The van der Waals surface area contributed by atoms with Crippen LogP contribution in [0.3, 0.4) is 0 Å². The molecule has 0 aliphatic carbocycles. The molecule has 1 unspecified atom stereocenters. The first-order valence-corrected chi connectivity index (χ1v) is 8.59. The summed E-state index contributed by atoms with van der Waals surface area (Å²) >= 11 is 0. The van der Waals surface area contributed by atoms with Gasteiger partial charge in [-0.2, -0.15) is 0 Å². The fourth-order valence-electron chi connectivity index (χ4n) is 2.36. The number of aliphatic hydroxyl groups excluding tert-OH is 1. The number of carboxylic acids is 3. The van der Waals surface area contributed by atoms with E-state index in [9.17, 15) is 29.7 Å². The number of aliphatic carboxylic acids is 3.